The van der Waals surface area contributed by atoms with E-state index < -0.39 is 36.5 Å². The van der Waals surface area contributed by atoms with Crippen molar-refractivity contribution < 1.29 is 23.8 Å². The Kier molecular flexibility index (Phi) is 4.97. The van der Waals surface area contributed by atoms with Crippen molar-refractivity contribution in [2.24, 2.45) is 0 Å². The number of carbonyl (C=O) groups excluding carboxylic acids is 2. The summed E-state index contributed by atoms with van der Waals surface area (Å²) in [5.41, 5.74) is 6.32. The van der Waals surface area contributed by atoms with Crippen molar-refractivity contribution in [2.45, 2.75) is 51.7 Å². The summed E-state index contributed by atoms with van der Waals surface area (Å²) in [6.45, 7) is 4.42. The molecule has 0 bridgehead atoms. The number of carbonyl (C=O) groups is 2. The molecule has 2 N–H and O–H groups in total. The third-order valence-corrected chi connectivity index (χ3v) is 4.23. The van der Waals surface area contributed by atoms with Crippen molar-refractivity contribution in [1.82, 2.24) is 19.5 Å². The van der Waals surface area contributed by atoms with Crippen LogP contribution < -0.4 is 5.73 Å². The van der Waals surface area contributed by atoms with E-state index >= 15 is 0 Å². The number of hydrogen-bond donors (Lipinski definition) is 1. The second kappa shape index (κ2) is 7.04. The number of halogens is 1. The molecular weight excluding hydrogens is 366 g/mol. The first-order chi connectivity index (χ1) is 12.3. The number of imidazole rings is 1. The first-order valence-electron chi connectivity index (χ1n) is 7.97. The lowest BCUT2D eigenvalue weighted by atomic mass is 10.1. The lowest BCUT2D eigenvalue weighted by Crippen LogP contribution is -2.38. The van der Waals surface area contributed by atoms with Crippen molar-refractivity contribution in [2.75, 3.05) is 5.73 Å². The fraction of sp³-hybridized carbons (Fsp3) is 0.533. The second-order valence-electron chi connectivity index (χ2n) is 5.82. The Morgan fingerprint density at radius 3 is 2.54 bits per heavy atom. The molecular formula is C15H18ClN5O5. The van der Waals surface area contributed by atoms with Gasteiger partial charge in [0, 0.05) is 13.8 Å². The zero-order valence-corrected chi connectivity index (χ0v) is 15.1. The highest BCUT2D eigenvalue weighted by atomic mass is 35.5. The van der Waals surface area contributed by atoms with Gasteiger partial charge in [-0.3, -0.25) is 14.2 Å². The van der Waals surface area contributed by atoms with Gasteiger partial charge in [0.2, 0.25) is 5.95 Å². The number of esters is 2. The van der Waals surface area contributed by atoms with Crippen LogP contribution >= 0.6 is 11.6 Å². The largest absolute Gasteiger partial charge is 0.456 e. The Balaban J connectivity index is 2.07. The van der Waals surface area contributed by atoms with Crippen LogP contribution in [-0.4, -0.2) is 49.8 Å². The van der Waals surface area contributed by atoms with Crippen molar-refractivity contribution in [3.63, 3.8) is 0 Å². The molecule has 2 aromatic rings. The van der Waals surface area contributed by atoms with Crippen LogP contribution in [-0.2, 0) is 23.8 Å². The number of aromatic nitrogens is 4. The number of hydrogen-bond acceptors (Lipinski definition) is 9. The minimum absolute atomic E-state index is 0.0325. The van der Waals surface area contributed by atoms with Crippen LogP contribution in [0.1, 0.15) is 33.4 Å². The van der Waals surface area contributed by atoms with Gasteiger partial charge in [0.1, 0.15) is 11.6 Å². The average Bonchev–Trinajstić information content (AvgIpc) is 3.09. The summed E-state index contributed by atoms with van der Waals surface area (Å²) < 4.78 is 18.3. The highest BCUT2D eigenvalue weighted by molar-refractivity contribution is 6.33. The number of ether oxygens (including phenoxy) is 3. The van der Waals surface area contributed by atoms with Crippen LogP contribution in [0.15, 0.2) is 6.33 Å². The van der Waals surface area contributed by atoms with E-state index in [9.17, 15) is 9.59 Å². The van der Waals surface area contributed by atoms with Crippen LogP contribution in [0.3, 0.4) is 0 Å². The molecule has 0 aromatic carbocycles. The number of nitrogen functional groups attached to an aromatic ring is 1. The minimum Gasteiger partial charge on any atom is -0.456 e. The van der Waals surface area contributed by atoms with Gasteiger partial charge in [-0.25, -0.2) is 4.98 Å². The standard InChI is InChI=1S/C15H18ClN5O5/c1-4-8-10(24-6(2)22)11(25-7(3)23)14(26-8)21-5-18-9-12(16)19-15(17)20-13(9)21/h5,8,10-11,14H,4H2,1-3H3,(H2,17,19,20)/t8-,10?,11+,14-/m1/s1. The predicted octanol–water partition coefficient (Wildman–Crippen LogP) is 1.23. The molecule has 11 heteroatoms. The minimum atomic E-state index is -0.881. The normalized spacial score (nSPS) is 25.4. The highest BCUT2D eigenvalue weighted by Crippen LogP contribution is 2.37. The summed E-state index contributed by atoms with van der Waals surface area (Å²) in [4.78, 5) is 35.3. The number of fused-ring (bicyclic) bond motifs is 1. The maximum atomic E-state index is 11.6. The summed E-state index contributed by atoms with van der Waals surface area (Å²) in [5, 5.41) is 0.0943. The molecule has 1 aliphatic heterocycles. The van der Waals surface area contributed by atoms with E-state index in [1.807, 2.05) is 6.92 Å². The third kappa shape index (κ3) is 3.29. The molecule has 2 aromatic heterocycles. The first-order valence-corrected chi connectivity index (χ1v) is 8.35. The van der Waals surface area contributed by atoms with E-state index in [-0.39, 0.29) is 11.1 Å². The molecule has 0 amide bonds. The number of anilines is 1. The van der Waals surface area contributed by atoms with E-state index in [0.717, 1.165) is 0 Å². The van der Waals surface area contributed by atoms with Gasteiger partial charge in [-0.1, -0.05) is 18.5 Å². The molecule has 140 valence electrons. The summed E-state index contributed by atoms with van der Waals surface area (Å²) in [6.07, 6.45) is -0.957. The van der Waals surface area contributed by atoms with Gasteiger partial charge >= 0.3 is 11.9 Å². The third-order valence-electron chi connectivity index (χ3n) is 3.96. The summed E-state index contributed by atoms with van der Waals surface area (Å²) in [7, 11) is 0. The molecule has 10 nitrogen and oxygen atoms in total. The van der Waals surface area contributed by atoms with Gasteiger partial charge in [0.25, 0.3) is 0 Å². The zero-order chi connectivity index (χ0) is 19.0. The summed E-state index contributed by atoms with van der Waals surface area (Å²) in [5.74, 6) is -1.07. The molecule has 1 unspecified atom stereocenters. The van der Waals surface area contributed by atoms with E-state index in [1.54, 1.807) is 4.57 Å². The molecule has 3 heterocycles. The Morgan fingerprint density at radius 1 is 1.27 bits per heavy atom. The Hall–Kier alpha value is -2.46. The molecule has 0 radical (unpaired) electrons. The number of nitrogens with zero attached hydrogens (tertiary/aromatic N) is 4. The van der Waals surface area contributed by atoms with E-state index in [0.29, 0.717) is 17.6 Å². The molecule has 0 spiro atoms. The number of rotatable bonds is 4. The smallest absolute Gasteiger partial charge is 0.303 e. The maximum absolute atomic E-state index is 11.6. The van der Waals surface area contributed by atoms with Gasteiger partial charge in [0.15, 0.2) is 29.2 Å². The molecule has 1 aliphatic rings. The quantitative estimate of drug-likeness (QED) is 0.611. The SMILES string of the molecule is CC[C@H]1O[C@@H](n2cnc3c(Cl)nc(N)nc32)[C@@H](OC(C)=O)C1OC(C)=O. The molecule has 1 fully saturated rings. The van der Waals surface area contributed by atoms with Gasteiger partial charge in [-0.2, -0.15) is 9.97 Å². The van der Waals surface area contributed by atoms with E-state index in [1.165, 1.54) is 20.2 Å². The average molecular weight is 384 g/mol. The van der Waals surface area contributed by atoms with E-state index in [4.69, 9.17) is 31.5 Å². The lowest BCUT2D eigenvalue weighted by Gasteiger charge is -2.23. The second-order valence-corrected chi connectivity index (χ2v) is 6.18. The first kappa shape index (κ1) is 18.3. The fourth-order valence-corrected chi connectivity index (χ4v) is 3.22. The monoisotopic (exact) mass is 383 g/mol. The van der Waals surface area contributed by atoms with Crippen LogP contribution in [0.2, 0.25) is 5.15 Å². The number of nitrogens with two attached hydrogens (primary N) is 1. The molecule has 1 saturated heterocycles. The molecule has 3 rings (SSSR count). The lowest BCUT2D eigenvalue weighted by molar-refractivity contribution is -0.165. The molecule has 0 saturated carbocycles. The summed E-state index contributed by atoms with van der Waals surface area (Å²) >= 11 is 6.05. The van der Waals surface area contributed by atoms with Crippen LogP contribution in [0.4, 0.5) is 5.95 Å². The Morgan fingerprint density at radius 2 is 1.92 bits per heavy atom. The Labute approximate surface area is 153 Å². The molecule has 0 aliphatic carbocycles. The van der Waals surface area contributed by atoms with Crippen molar-refractivity contribution in [3.8, 4) is 0 Å². The zero-order valence-electron chi connectivity index (χ0n) is 14.4. The van der Waals surface area contributed by atoms with E-state index in [2.05, 4.69) is 15.0 Å². The van der Waals surface area contributed by atoms with Crippen molar-refractivity contribution in [1.29, 1.82) is 0 Å². The topological polar surface area (TPSA) is 131 Å². The van der Waals surface area contributed by atoms with Gasteiger partial charge in [-0.05, 0) is 6.42 Å². The van der Waals surface area contributed by atoms with Crippen LogP contribution in [0, 0.1) is 0 Å². The van der Waals surface area contributed by atoms with Crippen LogP contribution in [0.5, 0.6) is 0 Å². The highest BCUT2D eigenvalue weighted by Gasteiger charge is 2.49. The fourth-order valence-electron chi connectivity index (χ4n) is 3.00. The van der Waals surface area contributed by atoms with Crippen molar-refractivity contribution >= 4 is 40.7 Å². The van der Waals surface area contributed by atoms with Crippen LogP contribution in [0.25, 0.3) is 11.2 Å². The van der Waals surface area contributed by atoms with Gasteiger partial charge in [-0.15, -0.1) is 0 Å². The maximum Gasteiger partial charge on any atom is 0.303 e. The van der Waals surface area contributed by atoms with Crippen molar-refractivity contribution in [3.05, 3.63) is 11.5 Å². The Bertz CT molecular complexity index is 856. The predicted molar refractivity (Wildman–Crippen MR) is 90.1 cm³/mol. The molecule has 4 atom stereocenters. The summed E-state index contributed by atoms with van der Waals surface area (Å²) in [6, 6.07) is 0. The van der Waals surface area contributed by atoms with Gasteiger partial charge < -0.3 is 19.9 Å². The van der Waals surface area contributed by atoms with Gasteiger partial charge in [0.05, 0.1) is 6.33 Å². The molecule has 26 heavy (non-hydrogen) atoms.